The van der Waals surface area contributed by atoms with Crippen molar-refractivity contribution >= 4 is 39.9 Å². The van der Waals surface area contributed by atoms with E-state index in [1.165, 1.54) is 17.0 Å². The number of nitrogens with zero attached hydrogens (tertiary/aromatic N) is 2. The van der Waals surface area contributed by atoms with Crippen molar-refractivity contribution in [1.29, 1.82) is 0 Å². The van der Waals surface area contributed by atoms with Crippen LogP contribution >= 0.6 is 0 Å². The molecular weight excluding hydrogens is 673 g/mol. The van der Waals surface area contributed by atoms with Gasteiger partial charge in [0.05, 0.1) is 18.3 Å². The number of carbonyl (C=O) groups is 5. The number of fused-ring (bicyclic) bond motifs is 1. The highest BCUT2D eigenvalue weighted by Crippen LogP contribution is 2.45. The van der Waals surface area contributed by atoms with Crippen LogP contribution in [0.1, 0.15) is 78.4 Å². The van der Waals surface area contributed by atoms with Crippen LogP contribution in [0.15, 0.2) is 30.9 Å². The van der Waals surface area contributed by atoms with E-state index in [2.05, 4.69) is 21.9 Å². The van der Waals surface area contributed by atoms with Crippen LogP contribution in [-0.4, -0.2) is 89.2 Å². The third-order valence-electron chi connectivity index (χ3n) is 9.26. The van der Waals surface area contributed by atoms with Crippen LogP contribution in [0, 0.1) is 17.2 Å². The predicted octanol–water partition coefficient (Wildman–Crippen LogP) is 2.86. The molecule has 16 heteroatoms. The number of alkyl carbamates (subject to hydrolysis) is 1. The summed E-state index contributed by atoms with van der Waals surface area (Å²) >= 11 is 0. The van der Waals surface area contributed by atoms with Crippen molar-refractivity contribution < 1.29 is 46.3 Å². The SMILES string of the molecule is C=C[C@@H]1C[C@]1(NC(=O)[C@@H]1C[C@@H](OC(=O)N2Cc3cccc(F)c3C2)CN1C(=O)[C@@H](OC(=O)NC(C)(C)C)C(C)(C)C)C(=O)NS(=O)(=O)C1CC1. The Kier molecular flexibility index (Phi) is 9.75. The number of benzene rings is 1. The van der Waals surface area contributed by atoms with Crippen LogP contribution in [0.25, 0.3) is 0 Å². The molecule has 3 N–H and O–H groups in total. The van der Waals surface area contributed by atoms with Gasteiger partial charge in [0.15, 0.2) is 6.10 Å². The summed E-state index contributed by atoms with van der Waals surface area (Å²) < 4.78 is 53.1. The largest absolute Gasteiger partial charge is 0.444 e. The smallest absolute Gasteiger partial charge is 0.410 e. The molecule has 1 aromatic rings. The highest BCUT2D eigenvalue weighted by Gasteiger charge is 2.62. The molecule has 2 aliphatic carbocycles. The zero-order chi connectivity index (χ0) is 37.0. The first-order chi connectivity index (χ1) is 23.1. The molecule has 14 nitrogen and oxygen atoms in total. The normalized spacial score (nSPS) is 25.2. The van der Waals surface area contributed by atoms with E-state index in [0.717, 1.165) is 4.90 Å². The molecule has 274 valence electrons. The molecule has 50 heavy (non-hydrogen) atoms. The summed E-state index contributed by atoms with van der Waals surface area (Å²) in [4.78, 5) is 70.3. The van der Waals surface area contributed by atoms with Crippen LogP contribution in [0.4, 0.5) is 14.0 Å². The van der Waals surface area contributed by atoms with Crippen molar-refractivity contribution in [2.75, 3.05) is 6.54 Å². The summed E-state index contributed by atoms with van der Waals surface area (Å²) in [5.74, 6) is -3.46. The van der Waals surface area contributed by atoms with E-state index < -0.39 is 91.7 Å². The van der Waals surface area contributed by atoms with E-state index in [1.807, 2.05) is 0 Å². The average Bonchev–Trinajstić information content (AvgIpc) is 3.89. The standard InChI is InChI=1S/C34H46FN5O9S/c1-8-20-15-34(20,29(43)38-50(46,47)22-12-13-22)36-27(41)25-14-21(48-31(45)39-16-19-10-9-11-24(35)23(19)18-39)17-40(25)28(42)26(32(2,3)4)49-30(44)37-33(5,6)7/h8-11,20-22,25-26H,1,12-18H2,2-7H3,(H,36,41)(H,37,44)(H,38,43)/t20-,21-,25+,26-,34-/m1/s1. The van der Waals surface area contributed by atoms with Gasteiger partial charge in [-0.3, -0.25) is 24.0 Å². The van der Waals surface area contributed by atoms with Gasteiger partial charge in [-0.2, -0.15) is 0 Å². The van der Waals surface area contributed by atoms with Crippen molar-refractivity contribution in [2.24, 2.45) is 11.3 Å². The number of halogens is 1. The van der Waals surface area contributed by atoms with Crippen molar-refractivity contribution in [3.05, 3.63) is 47.8 Å². The van der Waals surface area contributed by atoms with Gasteiger partial charge >= 0.3 is 12.2 Å². The molecular formula is C34H46FN5O9S. The maximum atomic E-state index is 14.4. The lowest BCUT2D eigenvalue weighted by Crippen LogP contribution is -2.58. The summed E-state index contributed by atoms with van der Waals surface area (Å²) in [5, 5.41) is 4.66. The van der Waals surface area contributed by atoms with E-state index in [9.17, 15) is 36.8 Å². The molecule has 0 spiro atoms. The van der Waals surface area contributed by atoms with E-state index >= 15 is 0 Å². The topological polar surface area (TPSA) is 181 Å². The molecule has 2 heterocycles. The molecule has 5 atom stereocenters. The molecule has 0 radical (unpaired) electrons. The number of amides is 5. The second-order valence-corrected chi connectivity index (χ2v) is 17.7. The highest BCUT2D eigenvalue weighted by atomic mass is 32.2. The molecule has 5 amide bonds. The molecule has 3 fully saturated rings. The fraction of sp³-hybridized carbons (Fsp3) is 0.618. The second kappa shape index (κ2) is 13.2. The quantitative estimate of drug-likeness (QED) is 0.324. The maximum Gasteiger partial charge on any atom is 0.410 e. The van der Waals surface area contributed by atoms with Crippen molar-refractivity contribution in [1.82, 2.24) is 25.2 Å². The number of likely N-dealkylation sites (tertiary alicyclic amines) is 1. The van der Waals surface area contributed by atoms with Crippen molar-refractivity contribution in [2.45, 2.75) is 115 Å². The summed E-state index contributed by atoms with van der Waals surface area (Å²) in [5.41, 5.74) is -2.24. The number of ether oxygens (including phenoxy) is 2. The zero-order valence-electron chi connectivity index (χ0n) is 29.2. The van der Waals surface area contributed by atoms with Gasteiger partial charge in [-0.15, -0.1) is 6.58 Å². The molecule has 4 aliphatic rings. The Morgan fingerprint density at radius 1 is 1.08 bits per heavy atom. The third-order valence-corrected chi connectivity index (χ3v) is 11.1. The maximum absolute atomic E-state index is 14.4. The van der Waals surface area contributed by atoms with Gasteiger partial charge in [0.25, 0.3) is 11.8 Å². The Hall–Kier alpha value is -4.21. The molecule has 0 unspecified atom stereocenters. The van der Waals surface area contributed by atoms with Crippen molar-refractivity contribution in [3.8, 4) is 0 Å². The zero-order valence-corrected chi connectivity index (χ0v) is 30.0. The predicted molar refractivity (Wildman–Crippen MR) is 178 cm³/mol. The molecule has 0 bridgehead atoms. The fourth-order valence-corrected chi connectivity index (χ4v) is 7.68. The Morgan fingerprint density at radius 3 is 2.32 bits per heavy atom. The lowest BCUT2D eigenvalue weighted by molar-refractivity contribution is -0.150. The molecule has 1 aromatic carbocycles. The van der Waals surface area contributed by atoms with Gasteiger partial charge < -0.3 is 25.0 Å². The monoisotopic (exact) mass is 719 g/mol. The number of sulfonamides is 1. The first-order valence-corrected chi connectivity index (χ1v) is 18.2. The Morgan fingerprint density at radius 2 is 1.76 bits per heavy atom. The second-order valence-electron chi connectivity index (χ2n) is 15.7. The first-order valence-electron chi connectivity index (χ1n) is 16.7. The summed E-state index contributed by atoms with van der Waals surface area (Å²) in [7, 11) is -3.94. The van der Waals surface area contributed by atoms with E-state index in [-0.39, 0.29) is 32.5 Å². The van der Waals surface area contributed by atoms with Gasteiger partial charge in [-0.05, 0) is 51.7 Å². The number of hydrogen-bond acceptors (Lipinski definition) is 9. The lowest BCUT2D eigenvalue weighted by Gasteiger charge is -2.35. The summed E-state index contributed by atoms with van der Waals surface area (Å²) in [6.07, 6.45) is -1.82. The number of hydrogen-bond donors (Lipinski definition) is 3. The number of rotatable bonds is 9. The number of nitrogens with one attached hydrogen (secondary N) is 3. The fourth-order valence-electron chi connectivity index (χ4n) is 6.31. The third kappa shape index (κ3) is 7.89. The molecule has 1 saturated heterocycles. The van der Waals surface area contributed by atoms with E-state index in [1.54, 1.807) is 53.7 Å². The van der Waals surface area contributed by atoms with Gasteiger partial charge in [0, 0.05) is 35.4 Å². The van der Waals surface area contributed by atoms with Crippen molar-refractivity contribution in [3.63, 3.8) is 0 Å². The molecule has 2 aliphatic heterocycles. The van der Waals surface area contributed by atoms with Crippen LogP contribution in [-0.2, 0) is 47.0 Å². The Bertz CT molecular complexity index is 1700. The Labute approximate surface area is 291 Å². The van der Waals surface area contributed by atoms with Gasteiger partial charge in [-0.1, -0.05) is 39.0 Å². The average molecular weight is 720 g/mol. The van der Waals surface area contributed by atoms with E-state index in [4.69, 9.17) is 9.47 Å². The molecule has 5 rings (SSSR count). The van der Waals surface area contributed by atoms with Gasteiger partial charge in [-0.25, -0.2) is 22.4 Å². The number of carbonyl (C=O) groups excluding carboxylic acids is 5. The molecule has 0 aromatic heterocycles. The lowest BCUT2D eigenvalue weighted by atomic mass is 9.88. The minimum Gasteiger partial charge on any atom is -0.444 e. The van der Waals surface area contributed by atoms with Crippen LogP contribution in [0.3, 0.4) is 0 Å². The van der Waals surface area contributed by atoms with Gasteiger partial charge in [0.2, 0.25) is 15.9 Å². The molecule has 2 saturated carbocycles. The van der Waals surface area contributed by atoms with Crippen LogP contribution in [0.5, 0.6) is 0 Å². The Balaban J connectivity index is 1.38. The highest BCUT2D eigenvalue weighted by molar-refractivity contribution is 7.91. The van der Waals surface area contributed by atoms with Crippen LogP contribution < -0.4 is 15.4 Å². The van der Waals surface area contributed by atoms with E-state index in [0.29, 0.717) is 24.0 Å². The minimum atomic E-state index is -3.94. The van der Waals surface area contributed by atoms with Gasteiger partial charge in [0.1, 0.15) is 23.5 Å². The summed E-state index contributed by atoms with van der Waals surface area (Å²) in [6.45, 7) is 13.8. The van der Waals surface area contributed by atoms with Crippen LogP contribution in [0.2, 0.25) is 0 Å². The first kappa shape index (κ1) is 37.1. The minimum absolute atomic E-state index is 0.0206. The summed E-state index contributed by atoms with van der Waals surface area (Å²) in [6, 6.07) is 3.26.